The van der Waals surface area contributed by atoms with Gasteiger partial charge in [0.25, 0.3) is 0 Å². The molecule has 7 atom stereocenters. The Kier molecular flexibility index (Phi) is 4.42. The summed E-state index contributed by atoms with van der Waals surface area (Å²) in [4.78, 5) is 36.1. The van der Waals surface area contributed by atoms with Gasteiger partial charge in [-0.2, -0.15) is 13.2 Å². The van der Waals surface area contributed by atoms with E-state index in [9.17, 15) is 27.6 Å². The van der Waals surface area contributed by atoms with E-state index in [0.717, 1.165) is 0 Å². The van der Waals surface area contributed by atoms with Gasteiger partial charge in [-0.25, -0.2) is 0 Å². The van der Waals surface area contributed by atoms with Crippen molar-refractivity contribution in [2.75, 3.05) is 6.61 Å². The minimum Gasteiger partial charge on any atom is -0.456 e. The number of rotatable bonds is 5. The molecule has 3 rings (SSSR count). The third-order valence-corrected chi connectivity index (χ3v) is 4.82. The van der Waals surface area contributed by atoms with Gasteiger partial charge in [0.2, 0.25) is 0 Å². The van der Waals surface area contributed by atoms with E-state index in [0.29, 0.717) is 6.42 Å². The molecule has 3 aliphatic rings. The Labute approximate surface area is 140 Å². The molecule has 0 saturated carbocycles. The topological polar surface area (TPSA) is 88.1 Å². The van der Waals surface area contributed by atoms with Crippen LogP contribution >= 0.6 is 0 Å². The van der Waals surface area contributed by atoms with Gasteiger partial charge in [-0.3, -0.25) is 14.4 Å². The number of alkyl halides is 3. The molecule has 3 saturated heterocycles. The first kappa shape index (κ1) is 18.0. The molecular weight excluding hydrogens is 349 g/mol. The van der Waals surface area contributed by atoms with Crippen LogP contribution in [0.15, 0.2) is 0 Å². The lowest BCUT2D eigenvalue weighted by Gasteiger charge is -2.28. The van der Waals surface area contributed by atoms with E-state index in [4.69, 9.17) is 14.2 Å². The minimum absolute atomic E-state index is 0.414. The number of hydrogen-bond acceptors (Lipinski definition) is 7. The fourth-order valence-electron chi connectivity index (χ4n) is 3.41. The van der Waals surface area contributed by atoms with Gasteiger partial charge in [0.15, 0.2) is 18.8 Å². The van der Waals surface area contributed by atoms with Crippen molar-refractivity contribution in [2.45, 2.75) is 50.9 Å². The van der Waals surface area contributed by atoms with Crippen LogP contribution in [-0.2, 0) is 33.3 Å². The van der Waals surface area contributed by atoms with Gasteiger partial charge in [0.1, 0.15) is 24.0 Å². The van der Waals surface area contributed by atoms with Gasteiger partial charge in [-0.1, -0.05) is 13.8 Å². The van der Waals surface area contributed by atoms with Crippen LogP contribution in [0.25, 0.3) is 0 Å². The second-order valence-corrected chi connectivity index (χ2v) is 6.45. The lowest BCUT2D eigenvalue weighted by molar-refractivity contribution is -0.192. The van der Waals surface area contributed by atoms with Gasteiger partial charge in [-0.05, 0) is 6.42 Å². The van der Waals surface area contributed by atoms with Crippen molar-refractivity contribution in [1.29, 1.82) is 0 Å². The highest BCUT2D eigenvalue weighted by Crippen LogP contribution is 2.51. The molecule has 0 aromatic rings. The number of carbonyl (C=O) groups excluding carboxylic acids is 3. The second kappa shape index (κ2) is 6.15. The number of ether oxygens (including phenoxy) is 4. The molecule has 0 aromatic heterocycles. The Morgan fingerprint density at radius 1 is 1.24 bits per heavy atom. The molecule has 0 amide bonds. The van der Waals surface area contributed by atoms with Crippen molar-refractivity contribution in [3.05, 3.63) is 0 Å². The van der Waals surface area contributed by atoms with E-state index < -0.39 is 72.9 Å². The number of hydrogen-bond donors (Lipinski definition) is 0. The highest BCUT2D eigenvalue weighted by molar-refractivity contribution is 5.87. The van der Waals surface area contributed by atoms with E-state index in [2.05, 4.69) is 4.74 Å². The fourth-order valence-corrected chi connectivity index (χ4v) is 3.41. The molecule has 0 spiro atoms. The molecule has 7 unspecified atom stereocenters. The van der Waals surface area contributed by atoms with E-state index in [-0.39, 0.29) is 0 Å². The van der Waals surface area contributed by atoms with Crippen LogP contribution in [0, 0.1) is 17.8 Å². The lowest BCUT2D eigenvalue weighted by Crippen LogP contribution is -2.48. The summed E-state index contributed by atoms with van der Waals surface area (Å²) in [5.41, 5.74) is 0. The average Bonchev–Trinajstić information content (AvgIpc) is 3.14. The van der Waals surface area contributed by atoms with Crippen LogP contribution in [0.3, 0.4) is 0 Å². The van der Waals surface area contributed by atoms with Gasteiger partial charge in [-0.15, -0.1) is 0 Å². The smallest absolute Gasteiger partial charge is 0.422 e. The number of esters is 3. The molecule has 140 valence electrons. The summed E-state index contributed by atoms with van der Waals surface area (Å²) in [5, 5.41) is 0. The third-order valence-electron chi connectivity index (χ3n) is 4.82. The van der Waals surface area contributed by atoms with Crippen molar-refractivity contribution in [3.63, 3.8) is 0 Å². The van der Waals surface area contributed by atoms with Crippen LogP contribution in [0.4, 0.5) is 13.2 Å². The lowest BCUT2D eigenvalue weighted by atomic mass is 9.78. The van der Waals surface area contributed by atoms with Gasteiger partial charge in [0.05, 0.1) is 5.92 Å². The maximum absolute atomic E-state index is 12.3. The maximum Gasteiger partial charge on any atom is 0.422 e. The van der Waals surface area contributed by atoms with Crippen molar-refractivity contribution < 1.29 is 46.5 Å². The van der Waals surface area contributed by atoms with Crippen LogP contribution in [0.2, 0.25) is 0 Å². The molecule has 10 heteroatoms. The SMILES string of the molecule is CCC(C)C(=O)OC1C2OC(=O)C3C2OC1C3C(=O)OCC(F)(F)F. The highest BCUT2D eigenvalue weighted by Gasteiger charge is 2.72. The summed E-state index contributed by atoms with van der Waals surface area (Å²) in [7, 11) is 0. The van der Waals surface area contributed by atoms with E-state index in [1.54, 1.807) is 13.8 Å². The van der Waals surface area contributed by atoms with Gasteiger partial charge in [0, 0.05) is 0 Å². The molecule has 3 aliphatic heterocycles. The zero-order valence-corrected chi connectivity index (χ0v) is 13.4. The largest absolute Gasteiger partial charge is 0.456 e. The predicted molar refractivity (Wildman–Crippen MR) is 71.9 cm³/mol. The fraction of sp³-hybridized carbons (Fsp3) is 0.800. The normalized spacial score (nSPS) is 36.9. The standard InChI is InChI=1S/C15H17F3O7/c1-3-5(2)12(19)24-10-8-6(13(20)22-4-15(16,17)18)7-9(23-8)11(10)25-14(7)21/h5-11H,3-4H2,1-2H3. The molecule has 0 aromatic carbocycles. The highest BCUT2D eigenvalue weighted by atomic mass is 19.4. The second-order valence-electron chi connectivity index (χ2n) is 6.45. The molecular formula is C15H17F3O7. The molecule has 3 fully saturated rings. The van der Waals surface area contributed by atoms with E-state index in [1.165, 1.54) is 0 Å². The minimum atomic E-state index is -4.69. The first-order valence-corrected chi connectivity index (χ1v) is 7.94. The van der Waals surface area contributed by atoms with Crippen LogP contribution in [-0.4, -0.2) is 55.1 Å². The number of fused-ring (bicyclic) bond motifs is 1. The van der Waals surface area contributed by atoms with Crippen LogP contribution in [0.5, 0.6) is 0 Å². The number of halogens is 3. The van der Waals surface area contributed by atoms with Crippen molar-refractivity contribution in [1.82, 2.24) is 0 Å². The molecule has 0 aliphatic carbocycles. The summed E-state index contributed by atoms with van der Waals surface area (Å²) in [6, 6.07) is 0. The van der Waals surface area contributed by atoms with E-state index >= 15 is 0 Å². The predicted octanol–water partition coefficient (Wildman–Crippen LogP) is 0.989. The van der Waals surface area contributed by atoms with Crippen molar-refractivity contribution >= 4 is 17.9 Å². The van der Waals surface area contributed by atoms with Crippen molar-refractivity contribution in [2.24, 2.45) is 17.8 Å². The zero-order chi connectivity index (χ0) is 18.5. The quantitative estimate of drug-likeness (QED) is 0.530. The van der Waals surface area contributed by atoms with Gasteiger partial charge >= 0.3 is 24.1 Å². The Morgan fingerprint density at radius 2 is 1.92 bits per heavy atom. The summed E-state index contributed by atoms with van der Waals surface area (Å²) in [6.07, 6.45) is -7.92. The molecule has 7 nitrogen and oxygen atoms in total. The molecule has 2 bridgehead atoms. The number of carbonyl (C=O) groups is 3. The maximum atomic E-state index is 12.3. The van der Waals surface area contributed by atoms with Crippen molar-refractivity contribution in [3.8, 4) is 0 Å². The molecule has 0 N–H and O–H groups in total. The first-order valence-electron chi connectivity index (χ1n) is 7.94. The summed E-state index contributed by atoms with van der Waals surface area (Å²) >= 11 is 0. The Hall–Kier alpha value is -1.84. The Morgan fingerprint density at radius 3 is 2.52 bits per heavy atom. The molecule has 0 radical (unpaired) electrons. The van der Waals surface area contributed by atoms with E-state index in [1.807, 2.05) is 0 Å². The molecule has 25 heavy (non-hydrogen) atoms. The monoisotopic (exact) mass is 366 g/mol. The molecule has 3 heterocycles. The van der Waals surface area contributed by atoms with Crippen LogP contribution in [0.1, 0.15) is 20.3 Å². The van der Waals surface area contributed by atoms with Gasteiger partial charge < -0.3 is 18.9 Å². The zero-order valence-electron chi connectivity index (χ0n) is 13.4. The Bertz CT molecular complexity index is 590. The van der Waals surface area contributed by atoms with Crippen LogP contribution < -0.4 is 0 Å². The summed E-state index contributed by atoms with van der Waals surface area (Å²) in [6.45, 7) is 1.67. The summed E-state index contributed by atoms with van der Waals surface area (Å²) < 4.78 is 57.0. The summed E-state index contributed by atoms with van der Waals surface area (Å²) in [5.74, 6) is -5.25. The Balaban J connectivity index is 1.75. The first-order chi connectivity index (χ1) is 11.6. The third kappa shape index (κ3) is 3.07. The average molecular weight is 366 g/mol.